The molecule has 0 bridgehead atoms. The lowest BCUT2D eigenvalue weighted by atomic mass is 10.4. The van der Waals surface area contributed by atoms with Crippen molar-refractivity contribution in [2.24, 2.45) is 0 Å². The largest absolute Gasteiger partial charge is 0.257 e. The highest BCUT2D eigenvalue weighted by molar-refractivity contribution is 8.50. The molecule has 0 atom stereocenters. The van der Waals surface area contributed by atoms with Crippen LogP contribution in [0.1, 0.15) is 0 Å². The quantitative estimate of drug-likeness (QED) is 0.127. The van der Waals surface area contributed by atoms with Crippen LogP contribution >= 0.6 is 23.4 Å². The molecule has 0 amide bonds. The van der Waals surface area contributed by atoms with Crippen molar-refractivity contribution in [3.8, 4) is 0 Å². The van der Waals surface area contributed by atoms with Gasteiger partial charge in [-0.25, -0.2) is 0 Å². The molecule has 0 spiro atoms. The Hall–Kier alpha value is -3.33. The molecule has 0 nitrogen and oxygen atoms in total. The van der Waals surface area contributed by atoms with E-state index in [4.69, 9.17) is 0 Å². The summed E-state index contributed by atoms with van der Waals surface area (Å²) in [5.41, 5.74) is 0. The van der Waals surface area contributed by atoms with E-state index in [2.05, 4.69) is 182 Å². The minimum absolute atomic E-state index is 0.374. The Balaban J connectivity index is 1.69. The molecule has 0 heterocycles. The first-order chi connectivity index (χ1) is 19.9. The molecule has 40 heavy (non-hydrogen) atoms. The summed E-state index contributed by atoms with van der Waals surface area (Å²) < 4.78 is 0. The lowest BCUT2D eigenvalue weighted by molar-refractivity contribution is 1.75. The molecular formula is C36H30BP3. The maximum Gasteiger partial charge on any atom is 0.257 e. The minimum Gasteiger partial charge on any atom is -0.0658 e. The Labute approximate surface area is 242 Å². The van der Waals surface area contributed by atoms with Crippen LogP contribution in [0.25, 0.3) is 0 Å². The Morgan fingerprint density at radius 3 is 0.525 bits per heavy atom. The van der Waals surface area contributed by atoms with Crippen molar-refractivity contribution in [1.29, 1.82) is 0 Å². The normalized spacial score (nSPS) is 11.2. The summed E-state index contributed by atoms with van der Waals surface area (Å²) in [6.45, 7) is 0. The van der Waals surface area contributed by atoms with Gasteiger partial charge in [-0.2, -0.15) is 0 Å². The van der Waals surface area contributed by atoms with Gasteiger partial charge in [-0.05, 0) is 31.8 Å². The van der Waals surface area contributed by atoms with Crippen molar-refractivity contribution < 1.29 is 0 Å². The summed E-state index contributed by atoms with van der Waals surface area (Å²) in [7, 11) is -2.19. The van der Waals surface area contributed by atoms with Gasteiger partial charge in [-0.15, -0.1) is 0 Å². The zero-order chi connectivity index (χ0) is 27.0. The highest BCUT2D eigenvalue weighted by Crippen LogP contribution is 2.65. The fourth-order valence-electron chi connectivity index (χ4n) is 5.13. The third kappa shape index (κ3) is 6.04. The first-order valence-corrected chi connectivity index (χ1v) is 17.8. The second-order valence-electron chi connectivity index (χ2n) is 9.47. The van der Waals surface area contributed by atoms with Crippen molar-refractivity contribution in [2.45, 2.75) is 0 Å². The first-order valence-electron chi connectivity index (χ1n) is 13.6. The lowest BCUT2D eigenvalue weighted by Gasteiger charge is -2.39. The van der Waals surface area contributed by atoms with Gasteiger partial charge in [-0.1, -0.05) is 205 Å². The predicted octanol–water partition coefficient (Wildman–Crippen LogP) is 7.37. The zero-order valence-electron chi connectivity index (χ0n) is 22.2. The number of hydrogen-bond donors (Lipinski definition) is 0. The van der Waals surface area contributed by atoms with Crippen molar-refractivity contribution in [1.82, 2.24) is 0 Å². The van der Waals surface area contributed by atoms with Crippen molar-refractivity contribution in [3.63, 3.8) is 0 Å². The molecule has 6 aromatic carbocycles. The zero-order valence-corrected chi connectivity index (χ0v) is 24.9. The molecule has 0 N–H and O–H groups in total. The molecule has 0 aliphatic carbocycles. The summed E-state index contributed by atoms with van der Waals surface area (Å²) >= 11 is 0. The van der Waals surface area contributed by atoms with E-state index in [0.717, 1.165) is 0 Å². The van der Waals surface area contributed by atoms with Crippen LogP contribution < -0.4 is 31.8 Å². The van der Waals surface area contributed by atoms with Crippen molar-refractivity contribution >= 4 is 61.1 Å². The lowest BCUT2D eigenvalue weighted by Crippen LogP contribution is -2.35. The van der Waals surface area contributed by atoms with Gasteiger partial charge >= 0.3 is 0 Å². The predicted molar refractivity (Wildman–Crippen MR) is 183 cm³/mol. The molecule has 0 radical (unpaired) electrons. The fourth-order valence-corrected chi connectivity index (χ4v) is 18.2. The number of rotatable bonds is 9. The number of hydrogen-bond acceptors (Lipinski definition) is 0. The van der Waals surface area contributed by atoms with E-state index in [-0.39, 0.29) is 0 Å². The minimum atomic E-state index is -0.730. The maximum atomic E-state index is 2.36. The van der Waals surface area contributed by atoms with Gasteiger partial charge in [0.05, 0.1) is 0 Å². The SMILES string of the molecule is c1ccc(P(B(P(c2ccccc2)c2ccccc2)P(c2ccccc2)c2ccccc2)c2ccccc2)cc1. The smallest absolute Gasteiger partial charge is 0.0658 e. The van der Waals surface area contributed by atoms with Crippen LogP contribution in [0.3, 0.4) is 0 Å². The summed E-state index contributed by atoms with van der Waals surface area (Å²) in [5, 5.41) is 8.62. The molecule has 0 aromatic heterocycles. The summed E-state index contributed by atoms with van der Waals surface area (Å²) in [4.78, 5) is 0. The molecule has 0 saturated heterocycles. The van der Waals surface area contributed by atoms with Crippen LogP contribution in [0.4, 0.5) is 0 Å². The van der Waals surface area contributed by atoms with Crippen LogP contribution in [0.2, 0.25) is 0 Å². The molecular weight excluding hydrogens is 536 g/mol. The van der Waals surface area contributed by atoms with Crippen LogP contribution in [0.5, 0.6) is 0 Å². The third-order valence-corrected chi connectivity index (χ3v) is 17.6. The summed E-state index contributed by atoms with van der Waals surface area (Å²) in [5.74, 6) is 0.374. The molecule has 0 saturated carbocycles. The van der Waals surface area contributed by atoms with Gasteiger partial charge in [0, 0.05) is 0 Å². The second-order valence-corrected chi connectivity index (χ2v) is 17.6. The summed E-state index contributed by atoms with van der Waals surface area (Å²) in [6.07, 6.45) is 0. The van der Waals surface area contributed by atoms with Crippen molar-refractivity contribution in [3.05, 3.63) is 182 Å². The van der Waals surface area contributed by atoms with E-state index < -0.39 is 23.4 Å². The first kappa shape index (κ1) is 26.9. The van der Waals surface area contributed by atoms with E-state index >= 15 is 0 Å². The molecule has 4 heteroatoms. The molecule has 6 rings (SSSR count). The topological polar surface area (TPSA) is 0 Å². The highest BCUT2D eigenvalue weighted by atomic mass is 31.2. The van der Waals surface area contributed by atoms with Crippen LogP contribution in [0, 0.1) is 0 Å². The van der Waals surface area contributed by atoms with Gasteiger partial charge < -0.3 is 0 Å². The van der Waals surface area contributed by atoms with Crippen LogP contribution in [-0.2, 0) is 0 Å². The number of benzene rings is 6. The van der Waals surface area contributed by atoms with Gasteiger partial charge in [-0.3, -0.25) is 0 Å². The van der Waals surface area contributed by atoms with E-state index in [1.54, 1.807) is 0 Å². The second kappa shape index (κ2) is 13.4. The molecule has 6 aromatic rings. The standard InChI is InChI=1S/C36H30BP3/c1-7-19-31(20-8-1)38(32-21-9-2-10-22-32)37(39(33-23-11-3-12-24-33)34-25-13-4-14-26-34)40(35-27-15-5-16-28-35)36-29-17-6-18-30-36/h1-30H. The van der Waals surface area contributed by atoms with E-state index in [9.17, 15) is 0 Å². The van der Waals surface area contributed by atoms with Gasteiger partial charge in [0.25, 0.3) is 5.87 Å². The van der Waals surface area contributed by atoms with Gasteiger partial charge in [0.1, 0.15) is 0 Å². The monoisotopic (exact) mass is 566 g/mol. The average Bonchev–Trinajstić information content (AvgIpc) is 3.04. The Morgan fingerprint density at radius 2 is 0.375 bits per heavy atom. The average molecular weight is 566 g/mol. The molecule has 192 valence electrons. The molecule has 0 unspecified atom stereocenters. The Bertz CT molecular complexity index is 1270. The van der Waals surface area contributed by atoms with E-state index in [1.807, 2.05) is 0 Å². The summed E-state index contributed by atoms with van der Waals surface area (Å²) in [6, 6.07) is 67.7. The van der Waals surface area contributed by atoms with E-state index in [0.29, 0.717) is 5.87 Å². The van der Waals surface area contributed by atoms with Crippen LogP contribution in [-0.4, -0.2) is 5.87 Å². The highest BCUT2D eigenvalue weighted by Gasteiger charge is 2.43. The molecule has 0 aliphatic heterocycles. The van der Waals surface area contributed by atoms with E-state index in [1.165, 1.54) is 31.8 Å². The maximum absolute atomic E-state index is 2.36. The fraction of sp³-hybridized carbons (Fsp3) is 0. The molecule has 0 fully saturated rings. The Morgan fingerprint density at radius 1 is 0.225 bits per heavy atom. The third-order valence-electron chi connectivity index (χ3n) is 6.90. The van der Waals surface area contributed by atoms with Gasteiger partial charge in [0.15, 0.2) is 0 Å². The molecule has 0 aliphatic rings. The Kier molecular flexibility index (Phi) is 8.97. The van der Waals surface area contributed by atoms with Crippen LogP contribution in [0.15, 0.2) is 182 Å². The van der Waals surface area contributed by atoms with Gasteiger partial charge in [0.2, 0.25) is 0 Å². The van der Waals surface area contributed by atoms with Crippen molar-refractivity contribution in [2.75, 3.05) is 0 Å².